The first-order valence-corrected chi connectivity index (χ1v) is 12.1. The second kappa shape index (κ2) is 11.0. The predicted molar refractivity (Wildman–Crippen MR) is 138 cm³/mol. The zero-order chi connectivity index (χ0) is 25.7. The fourth-order valence-electron chi connectivity index (χ4n) is 3.43. The number of hydrogen-bond donors (Lipinski definition) is 1. The number of rotatable bonds is 9. The number of non-ortho nitro benzene ring substituents is 1. The normalized spacial score (nSPS) is 11.2. The molecule has 9 nitrogen and oxygen atoms in total. The van der Waals surface area contributed by atoms with E-state index in [0.717, 1.165) is 23.1 Å². The molecule has 0 aliphatic heterocycles. The number of carbonyl (C=O) groups is 2. The highest BCUT2D eigenvalue weighted by Gasteiger charge is 2.13. The van der Waals surface area contributed by atoms with Gasteiger partial charge in [-0.25, -0.2) is 9.78 Å². The topological polar surface area (TPSA) is 125 Å². The molecule has 0 fully saturated rings. The Morgan fingerprint density at radius 3 is 2.78 bits per heavy atom. The number of nitro benzene ring substituents is 1. The van der Waals surface area contributed by atoms with Crippen molar-refractivity contribution in [2.45, 2.75) is 26.7 Å². The van der Waals surface area contributed by atoms with Gasteiger partial charge in [-0.2, -0.15) is 0 Å². The number of esters is 1. The van der Waals surface area contributed by atoms with Crippen LogP contribution in [0.5, 0.6) is 0 Å². The van der Waals surface area contributed by atoms with Crippen molar-refractivity contribution in [1.82, 2.24) is 4.98 Å². The van der Waals surface area contributed by atoms with Crippen LogP contribution < -0.4 is 5.32 Å². The number of nitrogens with one attached hydrogen (secondary N) is 1. The maximum atomic E-state index is 12.4. The Morgan fingerprint density at radius 1 is 1.19 bits per heavy atom. The molecule has 0 atom stereocenters. The molecule has 1 N–H and O–H groups in total. The van der Waals surface area contributed by atoms with Crippen LogP contribution in [0.3, 0.4) is 0 Å². The zero-order valence-electron chi connectivity index (χ0n) is 19.6. The zero-order valence-corrected chi connectivity index (χ0v) is 20.5. The average Bonchev–Trinajstić information content (AvgIpc) is 3.48. The smallest absolute Gasteiger partial charge is 0.338 e. The molecule has 4 aromatic rings. The quantitative estimate of drug-likeness (QED) is 0.0919. The van der Waals surface area contributed by atoms with E-state index >= 15 is 0 Å². The van der Waals surface area contributed by atoms with Crippen LogP contribution in [-0.4, -0.2) is 28.4 Å². The summed E-state index contributed by atoms with van der Waals surface area (Å²) in [6, 6.07) is 13.1. The van der Waals surface area contributed by atoms with Gasteiger partial charge in [0, 0.05) is 23.8 Å². The van der Waals surface area contributed by atoms with Crippen LogP contribution in [-0.2, 0) is 9.53 Å². The fraction of sp³-hybridized carbons (Fsp3) is 0.192. The third-order valence-electron chi connectivity index (χ3n) is 5.30. The van der Waals surface area contributed by atoms with E-state index in [2.05, 4.69) is 10.3 Å². The molecule has 2 heterocycles. The van der Waals surface area contributed by atoms with Gasteiger partial charge in [0.05, 0.1) is 27.3 Å². The van der Waals surface area contributed by atoms with Crippen LogP contribution in [0.2, 0.25) is 0 Å². The van der Waals surface area contributed by atoms with Crippen molar-refractivity contribution in [2.24, 2.45) is 0 Å². The van der Waals surface area contributed by atoms with Gasteiger partial charge in [-0.15, -0.1) is 0 Å². The Bertz CT molecular complexity index is 1470. The molecule has 0 radical (unpaired) electrons. The number of amides is 1. The number of nitrogens with zero attached hydrogens (tertiary/aromatic N) is 2. The standard InChI is InChI=1S/C26H23N3O6S/c1-3-4-13-34-25(31)17-5-10-21-23(15-17)36-26(27-21)28-24(30)12-8-19-7-11-22(35-19)20-9-6-18(29(32)33)14-16(20)2/h5-12,14-15H,3-4,13H2,1-2H3,(H,27,28,30)/b12-8+. The maximum absolute atomic E-state index is 12.4. The van der Waals surface area contributed by atoms with Crippen molar-refractivity contribution in [3.8, 4) is 11.3 Å². The number of benzene rings is 2. The average molecular weight is 506 g/mol. The minimum Gasteiger partial charge on any atom is -0.462 e. The van der Waals surface area contributed by atoms with Crippen LogP contribution in [0.25, 0.3) is 27.6 Å². The van der Waals surface area contributed by atoms with Crippen LogP contribution >= 0.6 is 11.3 Å². The summed E-state index contributed by atoms with van der Waals surface area (Å²) in [4.78, 5) is 39.4. The van der Waals surface area contributed by atoms with Crippen molar-refractivity contribution >= 4 is 50.3 Å². The number of carbonyl (C=O) groups excluding carboxylic acids is 2. The Kier molecular flexibility index (Phi) is 7.55. The SMILES string of the molecule is CCCCOC(=O)c1ccc2nc(NC(=O)/C=C/c3ccc(-c4ccc([N+](=O)[O-])cc4C)o3)sc2c1. The number of fused-ring (bicyclic) bond motifs is 1. The van der Waals surface area contributed by atoms with Gasteiger partial charge in [0.1, 0.15) is 11.5 Å². The van der Waals surface area contributed by atoms with Crippen molar-refractivity contribution in [1.29, 1.82) is 0 Å². The second-order valence-electron chi connectivity index (χ2n) is 7.97. The molecule has 0 unspecified atom stereocenters. The number of nitro groups is 1. The van der Waals surface area contributed by atoms with Crippen LogP contribution in [0.15, 0.2) is 59.0 Å². The molecule has 0 saturated heterocycles. The number of aromatic nitrogens is 1. The summed E-state index contributed by atoms with van der Waals surface area (Å²) in [5.41, 5.74) is 2.56. The summed E-state index contributed by atoms with van der Waals surface area (Å²) >= 11 is 1.26. The molecule has 4 rings (SSSR count). The van der Waals surface area contributed by atoms with Gasteiger partial charge in [0.2, 0.25) is 5.91 Å². The summed E-state index contributed by atoms with van der Waals surface area (Å²) in [6.07, 6.45) is 4.61. The van der Waals surface area contributed by atoms with Gasteiger partial charge in [0.25, 0.3) is 5.69 Å². The van der Waals surface area contributed by atoms with Crippen molar-refractivity contribution in [3.63, 3.8) is 0 Å². The van der Waals surface area contributed by atoms with E-state index in [1.165, 1.54) is 35.6 Å². The second-order valence-corrected chi connectivity index (χ2v) is 9.00. The Labute approximate surface area is 210 Å². The van der Waals surface area contributed by atoms with E-state index in [4.69, 9.17) is 9.15 Å². The number of anilines is 1. The first kappa shape index (κ1) is 24.8. The van der Waals surface area contributed by atoms with E-state index < -0.39 is 10.8 Å². The summed E-state index contributed by atoms with van der Waals surface area (Å²) in [7, 11) is 0. The van der Waals surface area contributed by atoms with Gasteiger partial charge in [-0.3, -0.25) is 20.2 Å². The highest BCUT2D eigenvalue weighted by Crippen LogP contribution is 2.29. The van der Waals surface area contributed by atoms with Gasteiger partial charge >= 0.3 is 5.97 Å². The number of hydrogen-bond acceptors (Lipinski definition) is 8. The van der Waals surface area contributed by atoms with Gasteiger partial charge in [-0.1, -0.05) is 24.7 Å². The molecule has 36 heavy (non-hydrogen) atoms. The molecule has 0 aliphatic carbocycles. The molecule has 1 amide bonds. The lowest BCUT2D eigenvalue weighted by molar-refractivity contribution is -0.384. The number of aryl methyl sites for hydroxylation is 1. The predicted octanol–water partition coefficient (Wildman–Crippen LogP) is 6.38. The van der Waals surface area contributed by atoms with E-state index in [1.807, 2.05) is 6.92 Å². The lowest BCUT2D eigenvalue weighted by Crippen LogP contribution is -2.07. The molecule has 10 heteroatoms. The molecule has 0 bridgehead atoms. The number of ether oxygens (including phenoxy) is 1. The molecule has 0 aliphatic rings. The van der Waals surface area contributed by atoms with Gasteiger partial charge in [0.15, 0.2) is 5.13 Å². The van der Waals surface area contributed by atoms with E-state index in [0.29, 0.717) is 39.9 Å². The maximum Gasteiger partial charge on any atom is 0.338 e. The minimum absolute atomic E-state index is 0.0116. The Morgan fingerprint density at radius 2 is 2.03 bits per heavy atom. The highest BCUT2D eigenvalue weighted by atomic mass is 32.1. The highest BCUT2D eigenvalue weighted by molar-refractivity contribution is 7.22. The first-order chi connectivity index (χ1) is 17.3. The summed E-state index contributed by atoms with van der Waals surface area (Å²) in [5, 5.41) is 14.1. The van der Waals surface area contributed by atoms with Crippen molar-refractivity contribution in [3.05, 3.63) is 81.6 Å². The van der Waals surface area contributed by atoms with Crippen LogP contribution in [0.1, 0.15) is 41.4 Å². The van der Waals surface area contributed by atoms with E-state index in [-0.39, 0.29) is 11.7 Å². The summed E-state index contributed by atoms with van der Waals surface area (Å²) < 4.78 is 11.8. The molecule has 184 valence electrons. The molecule has 2 aromatic carbocycles. The molecular formula is C26H23N3O6S. The van der Waals surface area contributed by atoms with Crippen LogP contribution in [0, 0.1) is 17.0 Å². The largest absolute Gasteiger partial charge is 0.462 e. The third kappa shape index (κ3) is 5.84. The fourth-order valence-corrected chi connectivity index (χ4v) is 4.34. The summed E-state index contributed by atoms with van der Waals surface area (Å²) in [6.45, 7) is 4.18. The first-order valence-electron chi connectivity index (χ1n) is 11.3. The van der Waals surface area contributed by atoms with E-state index in [1.54, 1.807) is 43.3 Å². The van der Waals surface area contributed by atoms with Gasteiger partial charge < -0.3 is 9.15 Å². The molecular weight excluding hydrogens is 482 g/mol. The minimum atomic E-state index is -0.446. The Balaban J connectivity index is 1.40. The molecule has 2 aromatic heterocycles. The lowest BCUT2D eigenvalue weighted by atomic mass is 10.1. The monoisotopic (exact) mass is 505 g/mol. The Hall–Kier alpha value is -4.31. The van der Waals surface area contributed by atoms with Crippen LogP contribution in [0.4, 0.5) is 10.8 Å². The van der Waals surface area contributed by atoms with Crippen molar-refractivity contribution < 1.29 is 23.7 Å². The summed E-state index contributed by atoms with van der Waals surface area (Å²) in [5.74, 6) is 0.220. The lowest BCUT2D eigenvalue weighted by Gasteiger charge is -2.03. The van der Waals surface area contributed by atoms with Crippen molar-refractivity contribution in [2.75, 3.05) is 11.9 Å². The third-order valence-corrected chi connectivity index (χ3v) is 6.23. The molecule has 0 spiro atoms. The number of thiazole rings is 1. The van der Waals surface area contributed by atoms with E-state index in [9.17, 15) is 19.7 Å². The number of furan rings is 1. The number of unbranched alkanes of at least 4 members (excludes halogenated alkanes) is 1. The molecule has 0 saturated carbocycles. The van der Waals surface area contributed by atoms with Gasteiger partial charge in [-0.05, 0) is 61.4 Å².